The first kappa shape index (κ1) is 11.2. The van der Waals surface area contributed by atoms with Crippen molar-refractivity contribution >= 4 is 0 Å². The monoisotopic (exact) mass is 236 g/mol. The minimum atomic E-state index is -0.225. The summed E-state index contributed by atoms with van der Waals surface area (Å²) < 4.78 is 2.21. The van der Waals surface area contributed by atoms with Crippen molar-refractivity contribution < 1.29 is 5.11 Å². The Labute approximate surface area is 101 Å². The first-order chi connectivity index (χ1) is 8.22. The number of aliphatic hydroxyl groups is 1. The summed E-state index contributed by atoms with van der Waals surface area (Å²) in [7, 11) is 2.18. The van der Waals surface area contributed by atoms with Gasteiger partial charge in [-0.2, -0.15) is 0 Å². The molecule has 3 rings (SSSR count). The molecule has 2 atom stereocenters. The van der Waals surface area contributed by atoms with Gasteiger partial charge in [-0.3, -0.25) is 0 Å². The molecule has 17 heavy (non-hydrogen) atoms. The first-order valence-corrected chi connectivity index (χ1v) is 6.50. The fraction of sp³-hybridized carbons (Fsp3) is 0.833. The van der Waals surface area contributed by atoms with Crippen LogP contribution in [0.5, 0.6) is 0 Å². The zero-order chi connectivity index (χ0) is 11.8. The zero-order valence-corrected chi connectivity index (χ0v) is 10.3. The maximum atomic E-state index is 9.60. The van der Waals surface area contributed by atoms with E-state index in [1.165, 1.54) is 19.5 Å². The fourth-order valence-corrected chi connectivity index (χ4v) is 2.97. The summed E-state index contributed by atoms with van der Waals surface area (Å²) in [5, 5.41) is 18.1. The van der Waals surface area contributed by atoms with Gasteiger partial charge in [0.1, 0.15) is 11.6 Å². The van der Waals surface area contributed by atoms with E-state index in [4.69, 9.17) is 0 Å². The Kier molecular flexibility index (Phi) is 2.88. The van der Waals surface area contributed by atoms with Crippen LogP contribution in [0.1, 0.15) is 24.5 Å². The van der Waals surface area contributed by atoms with E-state index in [-0.39, 0.29) is 6.10 Å². The highest BCUT2D eigenvalue weighted by Crippen LogP contribution is 2.21. The molecular formula is C12H20N4O. The van der Waals surface area contributed by atoms with Crippen LogP contribution in [0.2, 0.25) is 0 Å². The highest BCUT2D eigenvalue weighted by molar-refractivity contribution is 5.02. The lowest BCUT2D eigenvalue weighted by molar-refractivity contribution is 0.141. The smallest absolute Gasteiger partial charge is 0.135 e. The number of rotatable bonds is 2. The molecule has 0 amide bonds. The van der Waals surface area contributed by atoms with Gasteiger partial charge >= 0.3 is 0 Å². The average molecular weight is 236 g/mol. The summed E-state index contributed by atoms with van der Waals surface area (Å²) in [6.45, 7) is 3.25. The Morgan fingerprint density at radius 3 is 2.94 bits per heavy atom. The van der Waals surface area contributed by atoms with Gasteiger partial charge in [-0.05, 0) is 32.4 Å². The lowest BCUT2D eigenvalue weighted by Gasteiger charge is -2.20. The van der Waals surface area contributed by atoms with E-state index in [9.17, 15) is 5.11 Å². The Morgan fingerprint density at radius 1 is 1.29 bits per heavy atom. The van der Waals surface area contributed by atoms with Crippen LogP contribution in [0, 0.1) is 5.92 Å². The second-order valence-electron chi connectivity index (χ2n) is 5.45. The minimum absolute atomic E-state index is 0.225. The van der Waals surface area contributed by atoms with Gasteiger partial charge in [0.2, 0.25) is 0 Å². The third-order valence-electron chi connectivity index (χ3n) is 3.97. The molecule has 5 heteroatoms. The zero-order valence-electron chi connectivity index (χ0n) is 10.3. The van der Waals surface area contributed by atoms with Crippen molar-refractivity contribution in [2.75, 3.05) is 20.1 Å². The maximum Gasteiger partial charge on any atom is 0.135 e. The van der Waals surface area contributed by atoms with Crippen LogP contribution in [0.15, 0.2) is 0 Å². The van der Waals surface area contributed by atoms with Gasteiger partial charge in [0, 0.05) is 25.9 Å². The molecule has 1 fully saturated rings. The minimum Gasteiger partial charge on any atom is -0.393 e. The largest absolute Gasteiger partial charge is 0.393 e. The normalized spacial score (nSPS) is 29.5. The average Bonchev–Trinajstić information content (AvgIpc) is 2.86. The Morgan fingerprint density at radius 2 is 2.18 bits per heavy atom. The van der Waals surface area contributed by atoms with Crippen molar-refractivity contribution in [2.24, 2.45) is 5.92 Å². The Balaban J connectivity index is 1.72. The van der Waals surface area contributed by atoms with Crippen molar-refractivity contribution in [3.8, 4) is 0 Å². The summed E-state index contributed by atoms with van der Waals surface area (Å²) in [5.74, 6) is 2.80. The molecule has 2 aliphatic heterocycles. The van der Waals surface area contributed by atoms with Crippen LogP contribution < -0.4 is 0 Å². The molecule has 0 radical (unpaired) electrons. The van der Waals surface area contributed by atoms with Crippen molar-refractivity contribution in [3.05, 3.63) is 11.6 Å². The van der Waals surface area contributed by atoms with E-state index in [1.54, 1.807) is 0 Å². The quantitative estimate of drug-likeness (QED) is 0.790. The van der Waals surface area contributed by atoms with Gasteiger partial charge in [0.05, 0.1) is 6.10 Å². The van der Waals surface area contributed by atoms with E-state index >= 15 is 0 Å². The Hall–Kier alpha value is -0.940. The van der Waals surface area contributed by atoms with Gasteiger partial charge in [0.25, 0.3) is 0 Å². The standard InChI is InChI=1S/C12H20N4O/c1-15-4-2-9(8-15)6-11-13-14-12-7-10(17)3-5-16(11)12/h9-10,17H,2-8H2,1H3. The molecule has 0 saturated carbocycles. The molecule has 1 saturated heterocycles. The van der Waals surface area contributed by atoms with Crippen molar-refractivity contribution in [1.29, 1.82) is 0 Å². The lowest BCUT2D eigenvalue weighted by atomic mass is 10.0. The topological polar surface area (TPSA) is 54.2 Å². The van der Waals surface area contributed by atoms with Crippen LogP contribution in [-0.4, -0.2) is 51.0 Å². The van der Waals surface area contributed by atoms with E-state index in [1.807, 2.05) is 0 Å². The highest BCUT2D eigenvalue weighted by atomic mass is 16.3. The predicted molar refractivity (Wildman–Crippen MR) is 63.7 cm³/mol. The van der Waals surface area contributed by atoms with Crippen LogP contribution in [0.4, 0.5) is 0 Å². The number of likely N-dealkylation sites (tertiary alicyclic amines) is 1. The van der Waals surface area contributed by atoms with Gasteiger partial charge < -0.3 is 14.6 Å². The molecule has 2 unspecified atom stereocenters. The third-order valence-corrected chi connectivity index (χ3v) is 3.97. The number of fused-ring (bicyclic) bond motifs is 1. The molecule has 0 spiro atoms. The van der Waals surface area contributed by atoms with E-state index in [2.05, 4.69) is 26.7 Å². The molecule has 1 aromatic heterocycles. The molecule has 2 aliphatic rings. The van der Waals surface area contributed by atoms with Crippen molar-refractivity contribution in [3.63, 3.8) is 0 Å². The van der Waals surface area contributed by atoms with Crippen molar-refractivity contribution in [1.82, 2.24) is 19.7 Å². The molecule has 94 valence electrons. The third kappa shape index (κ3) is 2.21. The maximum absolute atomic E-state index is 9.60. The molecule has 0 bridgehead atoms. The van der Waals surface area contributed by atoms with Crippen LogP contribution in [0.25, 0.3) is 0 Å². The molecular weight excluding hydrogens is 216 g/mol. The second-order valence-corrected chi connectivity index (χ2v) is 5.45. The number of hydrogen-bond donors (Lipinski definition) is 1. The highest BCUT2D eigenvalue weighted by Gasteiger charge is 2.25. The number of nitrogens with zero attached hydrogens (tertiary/aromatic N) is 4. The predicted octanol–water partition coefficient (Wildman–Crippen LogP) is 0.0794. The molecule has 1 aromatic rings. The first-order valence-electron chi connectivity index (χ1n) is 6.50. The summed E-state index contributed by atoms with van der Waals surface area (Å²) >= 11 is 0. The van der Waals surface area contributed by atoms with E-state index in [0.29, 0.717) is 6.42 Å². The second kappa shape index (κ2) is 4.38. The van der Waals surface area contributed by atoms with Gasteiger partial charge in [-0.25, -0.2) is 0 Å². The SMILES string of the molecule is CN1CCC(Cc2nnc3n2CCC(O)C3)C1. The molecule has 1 N–H and O–H groups in total. The number of aliphatic hydroxyl groups excluding tert-OH is 1. The number of hydrogen-bond acceptors (Lipinski definition) is 4. The number of aromatic nitrogens is 3. The van der Waals surface area contributed by atoms with Crippen LogP contribution in [0.3, 0.4) is 0 Å². The van der Waals surface area contributed by atoms with E-state index < -0.39 is 0 Å². The summed E-state index contributed by atoms with van der Waals surface area (Å²) in [5.41, 5.74) is 0. The summed E-state index contributed by atoms with van der Waals surface area (Å²) in [6, 6.07) is 0. The van der Waals surface area contributed by atoms with Crippen molar-refractivity contribution in [2.45, 2.75) is 38.3 Å². The van der Waals surface area contributed by atoms with Gasteiger partial charge in [-0.15, -0.1) is 10.2 Å². The molecule has 3 heterocycles. The fourth-order valence-electron chi connectivity index (χ4n) is 2.97. The molecule has 0 aliphatic carbocycles. The van der Waals surface area contributed by atoms with Gasteiger partial charge in [0.15, 0.2) is 0 Å². The lowest BCUT2D eigenvalue weighted by Crippen LogP contribution is -2.25. The molecule has 0 aromatic carbocycles. The Bertz CT molecular complexity index is 403. The van der Waals surface area contributed by atoms with Crippen LogP contribution >= 0.6 is 0 Å². The summed E-state index contributed by atoms with van der Waals surface area (Å²) in [4.78, 5) is 2.38. The summed E-state index contributed by atoms with van der Waals surface area (Å²) in [6.07, 6.45) is 3.58. The molecule has 5 nitrogen and oxygen atoms in total. The van der Waals surface area contributed by atoms with Crippen LogP contribution in [-0.2, 0) is 19.4 Å². The van der Waals surface area contributed by atoms with E-state index in [0.717, 1.165) is 37.0 Å². The van der Waals surface area contributed by atoms with Gasteiger partial charge in [-0.1, -0.05) is 0 Å².